The Hall–Kier alpha value is -2.31. The van der Waals surface area contributed by atoms with Crippen LogP contribution < -0.4 is 0 Å². The van der Waals surface area contributed by atoms with Gasteiger partial charge in [0.25, 0.3) is 0 Å². The number of alkyl halides is 1. The van der Waals surface area contributed by atoms with Gasteiger partial charge < -0.3 is 0 Å². The number of halogens is 1. The van der Waals surface area contributed by atoms with E-state index >= 15 is 0 Å². The molecule has 4 rings (SSSR count). The normalized spacial score (nSPS) is 11.2. The van der Waals surface area contributed by atoms with Gasteiger partial charge in [0.15, 0.2) is 0 Å². The number of hydrogen-bond donors (Lipinski definition) is 0. The first-order chi connectivity index (χ1) is 11.3. The van der Waals surface area contributed by atoms with Gasteiger partial charge in [-0.1, -0.05) is 66.7 Å². The van der Waals surface area contributed by atoms with E-state index in [1.165, 1.54) is 38.2 Å². The Balaban J connectivity index is 2.23. The Kier molecular flexibility index (Phi) is 3.55. The summed E-state index contributed by atoms with van der Waals surface area (Å²) < 4.78 is 0. The van der Waals surface area contributed by atoms with Gasteiger partial charge in [-0.05, 0) is 56.8 Å². The Morgan fingerprint density at radius 1 is 0.696 bits per heavy atom. The molecular weight excluding hydrogens is 300 g/mol. The highest BCUT2D eigenvalue weighted by molar-refractivity contribution is 6.18. The molecule has 0 saturated heterocycles. The molecule has 0 fully saturated rings. The zero-order chi connectivity index (χ0) is 15.8. The molecular formula is C22H17Cl. The van der Waals surface area contributed by atoms with Crippen LogP contribution >= 0.6 is 11.6 Å². The molecule has 0 saturated carbocycles. The molecule has 112 valence electrons. The first kappa shape index (κ1) is 14.3. The van der Waals surface area contributed by atoms with E-state index in [2.05, 4.69) is 79.7 Å². The van der Waals surface area contributed by atoms with Crippen molar-refractivity contribution >= 4 is 33.1 Å². The largest absolute Gasteiger partial charge is 0.122 e. The molecule has 0 nitrogen and oxygen atoms in total. The fourth-order valence-electron chi connectivity index (χ4n) is 3.47. The fourth-order valence-corrected chi connectivity index (χ4v) is 3.64. The van der Waals surface area contributed by atoms with Gasteiger partial charge in [0.05, 0.1) is 0 Å². The van der Waals surface area contributed by atoms with E-state index in [4.69, 9.17) is 11.6 Å². The third kappa shape index (κ3) is 2.31. The van der Waals surface area contributed by atoms with Crippen LogP contribution in [0.2, 0.25) is 0 Å². The first-order valence-electron chi connectivity index (χ1n) is 7.85. The van der Waals surface area contributed by atoms with Gasteiger partial charge >= 0.3 is 0 Å². The Morgan fingerprint density at radius 2 is 1.35 bits per heavy atom. The highest BCUT2D eigenvalue weighted by atomic mass is 35.5. The highest BCUT2D eigenvalue weighted by Crippen LogP contribution is 2.39. The van der Waals surface area contributed by atoms with E-state index in [9.17, 15) is 0 Å². The molecule has 4 aromatic carbocycles. The number of aryl methyl sites for hydroxylation is 1. The smallest absolute Gasteiger partial charge is 0.0474 e. The van der Waals surface area contributed by atoms with E-state index in [-0.39, 0.29) is 0 Å². The summed E-state index contributed by atoms with van der Waals surface area (Å²) in [4.78, 5) is 0. The Labute approximate surface area is 141 Å². The maximum atomic E-state index is 6.08. The quantitative estimate of drug-likeness (QED) is 0.285. The lowest BCUT2D eigenvalue weighted by Gasteiger charge is -2.16. The summed E-state index contributed by atoms with van der Waals surface area (Å²) in [6, 6.07) is 25.9. The van der Waals surface area contributed by atoms with Crippen molar-refractivity contribution in [3.63, 3.8) is 0 Å². The summed E-state index contributed by atoms with van der Waals surface area (Å²) in [5.41, 5.74) is 5.05. The Morgan fingerprint density at radius 3 is 2.09 bits per heavy atom. The maximum Gasteiger partial charge on any atom is 0.0474 e. The van der Waals surface area contributed by atoms with Crippen LogP contribution in [0.25, 0.3) is 32.7 Å². The predicted molar refractivity (Wildman–Crippen MR) is 101 cm³/mol. The minimum atomic E-state index is 0.538. The lowest BCUT2D eigenvalue weighted by molar-refractivity contribution is 1.42. The van der Waals surface area contributed by atoms with Crippen LogP contribution in [0.3, 0.4) is 0 Å². The van der Waals surface area contributed by atoms with Crippen LogP contribution in [0.1, 0.15) is 11.1 Å². The minimum Gasteiger partial charge on any atom is -0.122 e. The zero-order valence-corrected chi connectivity index (χ0v) is 13.8. The molecule has 0 spiro atoms. The van der Waals surface area contributed by atoms with Crippen LogP contribution in [0.5, 0.6) is 0 Å². The predicted octanol–water partition coefficient (Wildman–Crippen LogP) is 6.71. The van der Waals surface area contributed by atoms with Crippen molar-refractivity contribution < 1.29 is 0 Å². The number of benzene rings is 4. The summed E-state index contributed by atoms with van der Waals surface area (Å²) in [6.07, 6.45) is 0. The van der Waals surface area contributed by atoms with Crippen molar-refractivity contribution in [1.82, 2.24) is 0 Å². The van der Waals surface area contributed by atoms with E-state index in [1.807, 2.05) is 0 Å². The van der Waals surface area contributed by atoms with E-state index in [1.54, 1.807) is 0 Å². The minimum absolute atomic E-state index is 0.538. The molecule has 0 heterocycles. The summed E-state index contributed by atoms with van der Waals surface area (Å²) >= 11 is 6.08. The van der Waals surface area contributed by atoms with Crippen LogP contribution in [0.4, 0.5) is 0 Å². The molecule has 0 atom stereocenters. The first-order valence-corrected chi connectivity index (χ1v) is 8.38. The van der Waals surface area contributed by atoms with Gasteiger partial charge in [-0.3, -0.25) is 0 Å². The molecule has 23 heavy (non-hydrogen) atoms. The second-order valence-corrected chi connectivity index (χ2v) is 6.19. The molecule has 0 aliphatic rings. The third-order valence-electron chi connectivity index (χ3n) is 4.57. The van der Waals surface area contributed by atoms with Crippen molar-refractivity contribution in [1.29, 1.82) is 0 Å². The number of rotatable bonds is 2. The standard InChI is InChI=1S/C22H17Cl/c1-15-18-9-5-6-10-19(18)20-12-11-16(14-23)13-21(20)22(15)17-7-3-2-4-8-17/h2-13H,14H2,1H3. The SMILES string of the molecule is Cc1c(-c2ccccc2)c2cc(CCl)ccc2c2ccccc12. The van der Waals surface area contributed by atoms with E-state index in [0.29, 0.717) is 5.88 Å². The summed E-state index contributed by atoms with van der Waals surface area (Å²) in [7, 11) is 0. The van der Waals surface area contributed by atoms with E-state index in [0.717, 1.165) is 5.56 Å². The molecule has 0 bridgehead atoms. The number of hydrogen-bond acceptors (Lipinski definition) is 0. The van der Waals surface area contributed by atoms with Gasteiger partial charge in [0.2, 0.25) is 0 Å². The van der Waals surface area contributed by atoms with Crippen molar-refractivity contribution in [2.45, 2.75) is 12.8 Å². The molecule has 0 aliphatic carbocycles. The van der Waals surface area contributed by atoms with Crippen molar-refractivity contribution in [2.24, 2.45) is 0 Å². The molecule has 0 unspecified atom stereocenters. The number of fused-ring (bicyclic) bond motifs is 3. The zero-order valence-electron chi connectivity index (χ0n) is 13.0. The van der Waals surface area contributed by atoms with Gasteiger partial charge in [-0.2, -0.15) is 0 Å². The van der Waals surface area contributed by atoms with Crippen LogP contribution in [-0.4, -0.2) is 0 Å². The van der Waals surface area contributed by atoms with Crippen molar-refractivity contribution in [2.75, 3.05) is 0 Å². The van der Waals surface area contributed by atoms with Crippen LogP contribution in [-0.2, 0) is 5.88 Å². The van der Waals surface area contributed by atoms with E-state index < -0.39 is 0 Å². The lowest BCUT2D eigenvalue weighted by Crippen LogP contribution is -1.91. The van der Waals surface area contributed by atoms with Gasteiger partial charge in [0, 0.05) is 5.88 Å². The molecule has 0 amide bonds. The van der Waals surface area contributed by atoms with Crippen molar-refractivity contribution in [3.05, 3.63) is 83.9 Å². The summed E-state index contributed by atoms with van der Waals surface area (Å²) in [5.74, 6) is 0.538. The average Bonchev–Trinajstić information content (AvgIpc) is 2.62. The average molecular weight is 317 g/mol. The van der Waals surface area contributed by atoms with Crippen LogP contribution in [0.15, 0.2) is 72.8 Å². The second-order valence-electron chi connectivity index (χ2n) is 5.93. The maximum absolute atomic E-state index is 6.08. The molecule has 4 aromatic rings. The third-order valence-corrected chi connectivity index (χ3v) is 4.87. The van der Waals surface area contributed by atoms with Crippen molar-refractivity contribution in [3.8, 4) is 11.1 Å². The summed E-state index contributed by atoms with van der Waals surface area (Å²) in [5, 5.41) is 5.20. The lowest BCUT2D eigenvalue weighted by atomic mass is 9.88. The monoisotopic (exact) mass is 316 g/mol. The summed E-state index contributed by atoms with van der Waals surface area (Å²) in [6.45, 7) is 2.22. The molecule has 0 aromatic heterocycles. The van der Waals surface area contributed by atoms with Crippen LogP contribution in [0, 0.1) is 6.92 Å². The molecule has 0 aliphatic heterocycles. The fraction of sp³-hybridized carbons (Fsp3) is 0.0909. The van der Waals surface area contributed by atoms with Gasteiger partial charge in [-0.25, -0.2) is 0 Å². The second kappa shape index (κ2) is 5.72. The van der Waals surface area contributed by atoms with Gasteiger partial charge in [0.1, 0.15) is 0 Å². The van der Waals surface area contributed by atoms with Gasteiger partial charge in [-0.15, -0.1) is 11.6 Å². The molecule has 0 radical (unpaired) electrons. The Bertz CT molecular complexity index is 1000. The highest BCUT2D eigenvalue weighted by Gasteiger charge is 2.13. The topological polar surface area (TPSA) is 0 Å². The molecule has 1 heteroatoms. The molecule has 0 N–H and O–H groups in total.